The Bertz CT molecular complexity index is 437. The van der Waals surface area contributed by atoms with Crippen LogP contribution in [0.15, 0.2) is 22.7 Å². The van der Waals surface area contributed by atoms with Gasteiger partial charge in [0.05, 0.1) is 22.7 Å². The van der Waals surface area contributed by atoms with Gasteiger partial charge in [-0.05, 0) is 40.9 Å². The van der Waals surface area contributed by atoms with Crippen LogP contribution in [-0.2, 0) is 0 Å². The number of carbonyl (C=O) groups excluding carboxylic acids is 1. The largest absolute Gasteiger partial charge is 0.398 e. The molecule has 1 amide bonds. The minimum Gasteiger partial charge on any atom is -0.398 e. The van der Waals surface area contributed by atoms with Crippen LogP contribution in [-0.4, -0.2) is 35.1 Å². The Balaban J connectivity index is 2.28. The summed E-state index contributed by atoms with van der Waals surface area (Å²) in [5.41, 5.74) is 6.87. The summed E-state index contributed by atoms with van der Waals surface area (Å²) >= 11 is 3.33. The molecule has 3 N–H and O–H groups in total. The molecule has 1 atom stereocenters. The molecule has 1 aliphatic heterocycles. The van der Waals surface area contributed by atoms with Gasteiger partial charge in [-0.3, -0.25) is 4.79 Å². The summed E-state index contributed by atoms with van der Waals surface area (Å²) in [6.45, 7) is 0.719. The van der Waals surface area contributed by atoms with E-state index in [2.05, 4.69) is 15.9 Å². The number of aliphatic hydroxyl groups excluding tert-OH is 1. The fraction of sp³-hybridized carbons (Fsp3) is 0.417. The third-order valence-electron chi connectivity index (χ3n) is 3.11. The Morgan fingerprint density at radius 3 is 3.06 bits per heavy atom. The maximum atomic E-state index is 12.3. The number of benzene rings is 1. The van der Waals surface area contributed by atoms with Gasteiger partial charge < -0.3 is 15.7 Å². The highest BCUT2D eigenvalue weighted by atomic mass is 79.9. The second kappa shape index (κ2) is 5.06. The summed E-state index contributed by atoms with van der Waals surface area (Å²) in [5.74, 6) is -0.0688. The predicted molar refractivity (Wildman–Crippen MR) is 69.7 cm³/mol. The van der Waals surface area contributed by atoms with Crippen LogP contribution in [0.2, 0.25) is 0 Å². The number of amides is 1. The minimum atomic E-state index is -0.0688. The number of nitrogens with two attached hydrogens (primary N) is 1. The molecule has 17 heavy (non-hydrogen) atoms. The van der Waals surface area contributed by atoms with E-state index in [1.807, 2.05) is 0 Å². The van der Waals surface area contributed by atoms with E-state index in [-0.39, 0.29) is 18.6 Å². The maximum absolute atomic E-state index is 12.3. The summed E-state index contributed by atoms with van der Waals surface area (Å²) in [6.07, 6.45) is 1.80. The third kappa shape index (κ3) is 2.30. The molecular formula is C12H15BrN2O2. The molecular weight excluding hydrogens is 284 g/mol. The first-order valence-corrected chi connectivity index (χ1v) is 6.40. The molecule has 1 fully saturated rings. The quantitative estimate of drug-likeness (QED) is 0.816. The Labute approximate surface area is 109 Å². The van der Waals surface area contributed by atoms with E-state index in [9.17, 15) is 9.90 Å². The average Bonchev–Trinajstić information content (AvgIpc) is 2.80. The molecule has 2 rings (SSSR count). The molecule has 4 nitrogen and oxygen atoms in total. The minimum absolute atomic E-state index is 0.0195. The Morgan fingerprint density at radius 2 is 2.35 bits per heavy atom. The molecule has 5 heteroatoms. The summed E-state index contributed by atoms with van der Waals surface area (Å²) in [5, 5.41) is 9.23. The average molecular weight is 299 g/mol. The molecule has 1 aliphatic rings. The maximum Gasteiger partial charge on any atom is 0.255 e. The topological polar surface area (TPSA) is 66.6 Å². The zero-order valence-electron chi connectivity index (χ0n) is 9.40. The van der Waals surface area contributed by atoms with Gasteiger partial charge in [0, 0.05) is 12.2 Å². The highest BCUT2D eigenvalue weighted by Crippen LogP contribution is 2.27. The van der Waals surface area contributed by atoms with Crippen molar-refractivity contribution in [3.8, 4) is 0 Å². The van der Waals surface area contributed by atoms with Gasteiger partial charge >= 0.3 is 0 Å². The number of hydrogen-bond donors (Lipinski definition) is 2. The highest BCUT2D eigenvalue weighted by molar-refractivity contribution is 9.10. The summed E-state index contributed by atoms with van der Waals surface area (Å²) in [6, 6.07) is 5.19. The molecule has 92 valence electrons. The van der Waals surface area contributed by atoms with Crippen LogP contribution in [0, 0.1) is 0 Å². The first-order chi connectivity index (χ1) is 8.15. The van der Waals surface area contributed by atoms with Crippen molar-refractivity contribution in [2.45, 2.75) is 18.9 Å². The van der Waals surface area contributed by atoms with Crippen LogP contribution in [0.5, 0.6) is 0 Å². The Hall–Kier alpha value is -1.07. The van der Waals surface area contributed by atoms with Crippen molar-refractivity contribution in [2.75, 3.05) is 18.9 Å². The van der Waals surface area contributed by atoms with Crippen LogP contribution in [0.25, 0.3) is 0 Å². The molecule has 0 aliphatic carbocycles. The number of anilines is 1. The van der Waals surface area contributed by atoms with Crippen molar-refractivity contribution in [3.05, 3.63) is 28.2 Å². The molecule has 0 radical (unpaired) electrons. The van der Waals surface area contributed by atoms with E-state index in [1.54, 1.807) is 23.1 Å². The van der Waals surface area contributed by atoms with E-state index < -0.39 is 0 Å². The van der Waals surface area contributed by atoms with E-state index in [0.717, 1.165) is 12.8 Å². The van der Waals surface area contributed by atoms with E-state index in [4.69, 9.17) is 5.73 Å². The van der Waals surface area contributed by atoms with E-state index in [0.29, 0.717) is 22.3 Å². The molecule has 0 aromatic heterocycles. The SMILES string of the molecule is Nc1cccc(C(=O)N2CCC[C@H]2CO)c1Br. The van der Waals surface area contributed by atoms with Gasteiger partial charge in [0.25, 0.3) is 5.91 Å². The first kappa shape index (κ1) is 12.4. The lowest BCUT2D eigenvalue weighted by molar-refractivity contribution is 0.0677. The number of nitrogens with zero attached hydrogens (tertiary/aromatic N) is 1. The molecule has 1 heterocycles. The number of likely N-dealkylation sites (tertiary alicyclic amines) is 1. The van der Waals surface area contributed by atoms with Crippen molar-refractivity contribution in [2.24, 2.45) is 0 Å². The monoisotopic (exact) mass is 298 g/mol. The molecule has 0 unspecified atom stereocenters. The zero-order chi connectivity index (χ0) is 12.4. The van der Waals surface area contributed by atoms with Crippen molar-refractivity contribution in [1.29, 1.82) is 0 Å². The van der Waals surface area contributed by atoms with Crippen LogP contribution in [0.4, 0.5) is 5.69 Å². The van der Waals surface area contributed by atoms with Gasteiger partial charge in [-0.1, -0.05) is 6.07 Å². The zero-order valence-corrected chi connectivity index (χ0v) is 11.0. The van der Waals surface area contributed by atoms with Gasteiger partial charge in [-0.25, -0.2) is 0 Å². The number of nitrogen functional groups attached to an aromatic ring is 1. The molecule has 0 saturated carbocycles. The summed E-state index contributed by atoms with van der Waals surface area (Å²) in [4.78, 5) is 14.0. The van der Waals surface area contributed by atoms with Crippen molar-refractivity contribution in [1.82, 2.24) is 4.90 Å². The van der Waals surface area contributed by atoms with Gasteiger partial charge in [0.15, 0.2) is 0 Å². The van der Waals surface area contributed by atoms with Crippen LogP contribution < -0.4 is 5.73 Å². The second-order valence-corrected chi connectivity index (χ2v) is 4.98. The number of rotatable bonds is 2. The van der Waals surface area contributed by atoms with Gasteiger partial charge in [0.2, 0.25) is 0 Å². The second-order valence-electron chi connectivity index (χ2n) is 4.19. The predicted octanol–water partition coefficient (Wildman–Crippen LogP) is 1.63. The Morgan fingerprint density at radius 1 is 1.59 bits per heavy atom. The smallest absolute Gasteiger partial charge is 0.255 e. The third-order valence-corrected chi connectivity index (χ3v) is 3.99. The van der Waals surface area contributed by atoms with Crippen molar-refractivity contribution >= 4 is 27.5 Å². The lowest BCUT2D eigenvalue weighted by Crippen LogP contribution is -2.37. The number of hydrogen-bond acceptors (Lipinski definition) is 3. The van der Waals surface area contributed by atoms with Crippen LogP contribution >= 0.6 is 15.9 Å². The number of aliphatic hydroxyl groups is 1. The van der Waals surface area contributed by atoms with Gasteiger partial charge in [-0.2, -0.15) is 0 Å². The fourth-order valence-electron chi connectivity index (χ4n) is 2.16. The normalized spacial score (nSPS) is 19.6. The summed E-state index contributed by atoms with van der Waals surface area (Å²) < 4.78 is 0.633. The van der Waals surface area contributed by atoms with Crippen LogP contribution in [0.3, 0.4) is 0 Å². The first-order valence-electron chi connectivity index (χ1n) is 5.61. The molecule has 0 bridgehead atoms. The summed E-state index contributed by atoms with van der Waals surface area (Å²) in [7, 11) is 0. The standard InChI is InChI=1S/C12H15BrN2O2/c13-11-9(4-1-5-10(11)14)12(17)15-6-2-3-8(15)7-16/h1,4-5,8,16H,2-3,6-7,14H2/t8-/m0/s1. The highest BCUT2D eigenvalue weighted by Gasteiger charge is 2.29. The molecule has 1 aromatic rings. The fourth-order valence-corrected chi connectivity index (χ4v) is 2.60. The number of halogens is 1. The van der Waals surface area contributed by atoms with Gasteiger partial charge in [0.1, 0.15) is 0 Å². The Kier molecular flexibility index (Phi) is 3.69. The van der Waals surface area contributed by atoms with E-state index >= 15 is 0 Å². The van der Waals surface area contributed by atoms with Crippen LogP contribution in [0.1, 0.15) is 23.2 Å². The number of carbonyl (C=O) groups is 1. The lowest BCUT2D eigenvalue weighted by Gasteiger charge is -2.23. The van der Waals surface area contributed by atoms with Gasteiger partial charge in [-0.15, -0.1) is 0 Å². The van der Waals surface area contributed by atoms with E-state index in [1.165, 1.54) is 0 Å². The molecule has 1 aromatic carbocycles. The molecule has 1 saturated heterocycles. The molecule has 0 spiro atoms. The van der Waals surface area contributed by atoms with Crippen molar-refractivity contribution in [3.63, 3.8) is 0 Å². The van der Waals surface area contributed by atoms with Crippen molar-refractivity contribution < 1.29 is 9.90 Å². The lowest BCUT2D eigenvalue weighted by atomic mass is 10.1.